The number of carbonyl (C=O) groups excluding carboxylic acids is 1. The topological polar surface area (TPSA) is 29.1 Å². The molecule has 0 aliphatic rings. The highest BCUT2D eigenvalue weighted by atomic mass is 127. The number of rotatable bonds is 5. The van der Waals surface area contributed by atoms with Crippen molar-refractivity contribution in [3.8, 4) is 0 Å². The van der Waals surface area contributed by atoms with Gasteiger partial charge in [-0.25, -0.2) is 0 Å². The molecule has 1 amide bonds. The van der Waals surface area contributed by atoms with Gasteiger partial charge in [-0.15, -0.1) is 0 Å². The maximum Gasteiger partial charge on any atom is 0.224 e. The molecule has 3 heteroatoms. The number of halogens is 1. The number of benzene rings is 1. The van der Waals surface area contributed by atoms with Crippen LogP contribution in [0.15, 0.2) is 24.3 Å². The van der Waals surface area contributed by atoms with Gasteiger partial charge in [0.2, 0.25) is 5.91 Å². The van der Waals surface area contributed by atoms with Crippen molar-refractivity contribution in [2.24, 2.45) is 0 Å². The van der Waals surface area contributed by atoms with E-state index in [0.717, 1.165) is 23.0 Å². The van der Waals surface area contributed by atoms with Crippen molar-refractivity contribution in [3.63, 3.8) is 0 Å². The summed E-state index contributed by atoms with van der Waals surface area (Å²) in [6, 6.07) is 10.2. The number of unbranched alkanes of at least 4 members (excludes halogenated alkanes) is 1. The molecule has 75 valence electrons. The molecule has 0 unspecified atom stereocenters. The van der Waals surface area contributed by atoms with Crippen LogP contribution in [0.5, 0.6) is 0 Å². The number of hydrogen-bond donors (Lipinski definition) is 1. The van der Waals surface area contributed by atoms with Gasteiger partial charge in [0.05, 0.1) is 0 Å². The average molecular weight is 302 g/mol. The molecule has 1 aromatic rings. The van der Waals surface area contributed by atoms with Gasteiger partial charge in [0, 0.05) is 12.1 Å². The molecule has 1 aromatic carbocycles. The van der Waals surface area contributed by atoms with Gasteiger partial charge in [0.1, 0.15) is 0 Å². The number of hydrogen-bond acceptors (Lipinski definition) is 1. The summed E-state index contributed by atoms with van der Waals surface area (Å²) in [5, 5.41) is 2.84. The highest BCUT2D eigenvalue weighted by molar-refractivity contribution is 14.1. The molecule has 0 bridgehead atoms. The first-order valence-electron chi connectivity index (χ1n) is 4.65. The Kier molecular flexibility index (Phi) is 5.59. The summed E-state index contributed by atoms with van der Waals surface area (Å²) in [5.41, 5.74) is 0.850. The molecule has 0 spiro atoms. The molecule has 0 aromatic heterocycles. The van der Waals surface area contributed by atoms with Crippen LogP contribution in [0.3, 0.4) is 0 Å². The minimum absolute atomic E-state index is 0.0982. The number of alkyl halides is 1. The molecule has 14 heavy (non-hydrogen) atoms. The van der Waals surface area contributed by atoms with Crippen molar-refractivity contribution >= 4 is 34.2 Å². The number of amides is 1. The largest absolute Gasteiger partial charge is 0.326 e. The first kappa shape index (κ1) is 11.5. The number of anilines is 1. The fourth-order valence-corrected chi connectivity index (χ4v) is 1.61. The maximum atomic E-state index is 11.4. The summed E-state index contributed by atoms with van der Waals surface area (Å²) in [6.45, 7) is 0. The van der Waals surface area contributed by atoms with Crippen LogP contribution in [0.4, 0.5) is 5.69 Å². The fourth-order valence-electron chi connectivity index (χ4n) is 1.07. The zero-order valence-electron chi connectivity index (χ0n) is 7.92. The monoisotopic (exact) mass is 302 g/mol. The highest BCUT2D eigenvalue weighted by Crippen LogP contribution is 2.06. The lowest BCUT2D eigenvalue weighted by Gasteiger charge is -2.03. The van der Waals surface area contributed by atoms with Gasteiger partial charge in [0.15, 0.2) is 0 Å². The van der Waals surface area contributed by atoms with E-state index in [0.29, 0.717) is 6.42 Å². The van der Waals surface area contributed by atoms with Gasteiger partial charge in [-0.1, -0.05) is 34.7 Å². The van der Waals surface area contributed by atoms with E-state index >= 15 is 0 Å². The maximum absolute atomic E-state index is 11.4. The molecule has 1 radical (unpaired) electrons. The Bertz CT molecular complexity index is 274. The standard InChI is InChI=1S/C11H13INO/c12-9-5-4-8-11(14)13-10-6-2-1-3-7-10/h2-3,6-7H,4-5,8-9H2,(H,13,14). The van der Waals surface area contributed by atoms with E-state index in [9.17, 15) is 4.79 Å². The van der Waals surface area contributed by atoms with Crippen molar-refractivity contribution in [1.82, 2.24) is 0 Å². The summed E-state index contributed by atoms with van der Waals surface area (Å²) in [7, 11) is 0. The predicted octanol–water partition coefficient (Wildman–Crippen LogP) is 3.03. The van der Waals surface area contributed by atoms with Crippen molar-refractivity contribution in [1.29, 1.82) is 0 Å². The Hall–Kier alpha value is -0.580. The van der Waals surface area contributed by atoms with Crippen LogP contribution in [0.1, 0.15) is 19.3 Å². The number of carbonyl (C=O) groups is 1. The average Bonchev–Trinajstić information content (AvgIpc) is 2.20. The van der Waals surface area contributed by atoms with Crippen molar-refractivity contribution in [2.45, 2.75) is 19.3 Å². The third-order valence-electron chi connectivity index (χ3n) is 1.79. The van der Waals surface area contributed by atoms with Gasteiger partial charge in [-0.2, -0.15) is 0 Å². The van der Waals surface area contributed by atoms with Crippen LogP contribution in [-0.4, -0.2) is 10.3 Å². The van der Waals surface area contributed by atoms with Crippen LogP contribution in [0.2, 0.25) is 0 Å². The molecular formula is C11H13INO. The SMILES string of the molecule is O=C(CCCCI)Nc1cc[c]cc1. The summed E-state index contributed by atoms with van der Waals surface area (Å²) < 4.78 is 1.12. The Morgan fingerprint density at radius 2 is 2.07 bits per heavy atom. The van der Waals surface area contributed by atoms with E-state index in [1.807, 2.05) is 12.1 Å². The lowest BCUT2D eigenvalue weighted by atomic mass is 10.2. The molecule has 2 nitrogen and oxygen atoms in total. The second-order valence-electron chi connectivity index (χ2n) is 2.98. The molecule has 0 saturated carbocycles. The van der Waals surface area contributed by atoms with Crippen LogP contribution in [0.25, 0.3) is 0 Å². The van der Waals surface area contributed by atoms with Crippen molar-refractivity contribution in [3.05, 3.63) is 30.3 Å². The smallest absolute Gasteiger partial charge is 0.224 e. The van der Waals surface area contributed by atoms with Gasteiger partial charge in [-0.3, -0.25) is 4.79 Å². The second-order valence-corrected chi connectivity index (χ2v) is 4.06. The fraction of sp³-hybridized carbons (Fsp3) is 0.364. The molecule has 1 N–H and O–H groups in total. The minimum atomic E-state index is 0.0982. The highest BCUT2D eigenvalue weighted by Gasteiger charge is 2.00. The lowest BCUT2D eigenvalue weighted by Crippen LogP contribution is -2.10. The van der Waals surface area contributed by atoms with E-state index in [1.165, 1.54) is 0 Å². The Morgan fingerprint density at radius 3 is 2.71 bits per heavy atom. The second kappa shape index (κ2) is 6.81. The van der Waals surface area contributed by atoms with E-state index < -0.39 is 0 Å². The normalized spacial score (nSPS) is 9.79. The molecule has 0 atom stereocenters. The quantitative estimate of drug-likeness (QED) is 0.505. The molecule has 0 fully saturated rings. The molecule has 0 saturated heterocycles. The van der Waals surface area contributed by atoms with Gasteiger partial charge in [0.25, 0.3) is 0 Å². The third-order valence-corrected chi connectivity index (χ3v) is 2.55. The van der Waals surface area contributed by atoms with Crippen molar-refractivity contribution < 1.29 is 4.79 Å². The molecule has 0 aliphatic carbocycles. The Morgan fingerprint density at radius 1 is 1.36 bits per heavy atom. The predicted molar refractivity (Wildman–Crippen MR) is 66.6 cm³/mol. The lowest BCUT2D eigenvalue weighted by molar-refractivity contribution is -0.116. The van der Waals surface area contributed by atoms with Crippen LogP contribution >= 0.6 is 22.6 Å². The first-order chi connectivity index (χ1) is 6.83. The Labute approximate surface area is 98.2 Å². The van der Waals surface area contributed by atoms with E-state index in [1.54, 1.807) is 12.1 Å². The molecule has 0 aliphatic heterocycles. The van der Waals surface area contributed by atoms with E-state index in [2.05, 4.69) is 34.0 Å². The number of nitrogens with one attached hydrogen (secondary N) is 1. The van der Waals surface area contributed by atoms with E-state index in [-0.39, 0.29) is 5.91 Å². The van der Waals surface area contributed by atoms with Gasteiger partial charge < -0.3 is 5.32 Å². The minimum Gasteiger partial charge on any atom is -0.326 e. The van der Waals surface area contributed by atoms with Gasteiger partial charge >= 0.3 is 0 Å². The zero-order valence-corrected chi connectivity index (χ0v) is 10.1. The van der Waals surface area contributed by atoms with E-state index in [4.69, 9.17) is 0 Å². The molecular weight excluding hydrogens is 289 g/mol. The molecule has 1 rings (SSSR count). The summed E-state index contributed by atoms with van der Waals surface area (Å²) in [5.74, 6) is 0.0982. The summed E-state index contributed by atoms with van der Waals surface area (Å²) in [6.07, 6.45) is 2.69. The zero-order chi connectivity index (χ0) is 10.2. The van der Waals surface area contributed by atoms with Crippen LogP contribution in [-0.2, 0) is 4.79 Å². The summed E-state index contributed by atoms with van der Waals surface area (Å²) >= 11 is 2.32. The molecule has 0 heterocycles. The summed E-state index contributed by atoms with van der Waals surface area (Å²) in [4.78, 5) is 11.4. The van der Waals surface area contributed by atoms with Crippen molar-refractivity contribution in [2.75, 3.05) is 9.74 Å². The van der Waals surface area contributed by atoms with Crippen LogP contribution in [0, 0.1) is 6.07 Å². The van der Waals surface area contributed by atoms with Crippen LogP contribution < -0.4 is 5.32 Å². The first-order valence-corrected chi connectivity index (χ1v) is 6.17. The Balaban J connectivity index is 2.27. The third kappa shape index (κ3) is 4.60. The van der Waals surface area contributed by atoms with Gasteiger partial charge in [-0.05, 0) is 35.5 Å².